The van der Waals surface area contributed by atoms with Crippen LogP contribution >= 0.6 is 0 Å². The topological polar surface area (TPSA) is 78.3 Å². The number of rotatable bonds is 4. The van der Waals surface area contributed by atoms with Crippen LogP contribution in [0.2, 0.25) is 0 Å². The summed E-state index contributed by atoms with van der Waals surface area (Å²) < 4.78 is 0. The van der Waals surface area contributed by atoms with E-state index in [1.165, 1.54) is 12.3 Å². The lowest BCUT2D eigenvalue weighted by Gasteiger charge is -2.23. The van der Waals surface area contributed by atoms with Crippen molar-refractivity contribution in [2.75, 3.05) is 11.9 Å². The number of hydrogen-bond acceptors (Lipinski definition) is 5. The number of nitrogens with zero attached hydrogens (tertiary/aromatic N) is 3. The third-order valence-electron chi connectivity index (χ3n) is 3.79. The summed E-state index contributed by atoms with van der Waals surface area (Å²) in [5, 5.41) is 12.4. The van der Waals surface area contributed by atoms with Crippen LogP contribution in [-0.2, 0) is 11.3 Å². The van der Waals surface area contributed by atoms with E-state index in [0.717, 1.165) is 25.1 Å². The molecule has 0 aromatic carbocycles. The summed E-state index contributed by atoms with van der Waals surface area (Å²) in [6.07, 6.45) is 5.06. The van der Waals surface area contributed by atoms with Gasteiger partial charge in [-0.1, -0.05) is 6.07 Å². The normalized spacial score (nSPS) is 18.3. The maximum Gasteiger partial charge on any atom is 0.242 e. The number of likely N-dealkylation sites (tertiary alicyclic amines) is 1. The Morgan fingerprint density at radius 1 is 1.27 bits per heavy atom. The monoisotopic (exact) mass is 298 g/mol. The highest BCUT2D eigenvalue weighted by molar-refractivity contribution is 5.95. The molecule has 2 N–H and O–H groups in total. The fourth-order valence-electron chi connectivity index (χ4n) is 2.71. The Kier molecular flexibility index (Phi) is 4.29. The minimum Gasteiger partial charge on any atom is -0.504 e. The maximum absolute atomic E-state index is 12.4. The highest BCUT2D eigenvalue weighted by Gasteiger charge is 2.31. The third-order valence-corrected chi connectivity index (χ3v) is 3.79. The van der Waals surface area contributed by atoms with Crippen molar-refractivity contribution in [3.8, 4) is 5.75 Å². The first-order valence-corrected chi connectivity index (χ1v) is 7.33. The standard InChI is InChI=1S/C16H18N4O2/c21-14-7-3-9-18-15(14)19-16(22)13-6-4-10-20(13)11-12-5-1-2-8-17-12/h1-3,5,7-9,13,21H,4,6,10-11H2,(H,18,19,22). The Balaban J connectivity index is 1.67. The minimum atomic E-state index is -0.219. The number of nitrogens with one attached hydrogen (secondary N) is 1. The molecule has 0 aliphatic carbocycles. The van der Waals surface area contributed by atoms with Gasteiger partial charge in [-0.15, -0.1) is 0 Å². The summed E-state index contributed by atoms with van der Waals surface area (Å²) in [4.78, 5) is 22.8. The van der Waals surface area contributed by atoms with Crippen molar-refractivity contribution in [3.05, 3.63) is 48.4 Å². The van der Waals surface area contributed by atoms with Crippen LogP contribution in [0.3, 0.4) is 0 Å². The number of hydrogen-bond donors (Lipinski definition) is 2. The van der Waals surface area contributed by atoms with Crippen molar-refractivity contribution in [3.63, 3.8) is 0 Å². The zero-order valence-electron chi connectivity index (χ0n) is 12.1. The second kappa shape index (κ2) is 6.53. The molecule has 1 fully saturated rings. The average Bonchev–Trinajstić information content (AvgIpc) is 2.99. The van der Waals surface area contributed by atoms with Gasteiger partial charge in [-0.3, -0.25) is 14.7 Å². The zero-order chi connectivity index (χ0) is 15.4. The number of carbonyl (C=O) groups is 1. The van der Waals surface area contributed by atoms with Gasteiger partial charge in [0.25, 0.3) is 0 Å². The molecule has 0 saturated carbocycles. The summed E-state index contributed by atoms with van der Waals surface area (Å²) in [6, 6.07) is 8.68. The van der Waals surface area contributed by atoms with E-state index >= 15 is 0 Å². The summed E-state index contributed by atoms with van der Waals surface area (Å²) >= 11 is 0. The van der Waals surface area contributed by atoms with Gasteiger partial charge < -0.3 is 10.4 Å². The smallest absolute Gasteiger partial charge is 0.242 e. The summed E-state index contributed by atoms with van der Waals surface area (Å²) in [7, 11) is 0. The van der Waals surface area contributed by atoms with Crippen molar-refractivity contribution in [1.29, 1.82) is 0 Å². The van der Waals surface area contributed by atoms with Gasteiger partial charge in [-0.2, -0.15) is 0 Å². The zero-order valence-corrected chi connectivity index (χ0v) is 12.1. The molecule has 0 radical (unpaired) electrons. The van der Waals surface area contributed by atoms with Crippen LogP contribution < -0.4 is 5.32 Å². The van der Waals surface area contributed by atoms with Crippen molar-refractivity contribution >= 4 is 11.7 Å². The molecule has 6 nitrogen and oxygen atoms in total. The quantitative estimate of drug-likeness (QED) is 0.899. The maximum atomic E-state index is 12.4. The molecule has 0 bridgehead atoms. The third kappa shape index (κ3) is 3.23. The number of aromatic hydroxyl groups is 1. The number of aromatic nitrogens is 2. The van der Waals surface area contributed by atoms with Crippen molar-refractivity contribution < 1.29 is 9.90 Å². The lowest BCUT2D eigenvalue weighted by Crippen LogP contribution is -2.39. The van der Waals surface area contributed by atoms with E-state index in [1.54, 1.807) is 12.3 Å². The molecule has 114 valence electrons. The lowest BCUT2D eigenvalue weighted by molar-refractivity contribution is -0.120. The first kappa shape index (κ1) is 14.5. The molecule has 2 aromatic rings. The molecule has 0 spiro atoms. The van der Waals surface area contributed by atoms with Crippen LogP contribution in [0.1, 0.15) is 18.5 Å². The van der Waals surface area contributed by atoms with Crippen molar-refractivity contribution in [2.24, 2.45) is 0 Å². The summed E-state index contributed by atoms with van der Waals surface area (Å²) in [5.41, 5.74) is 0.947. The number of pyridine rings is 2. The highest BCUT2D eigenvalue weighted by atomic mass is 16.3. The Bertz CT molecular complexity index is 648. The molecule has 6 heteroatoms. The Hall–Kier alpha value is -2.47. The minimum absolute atomic E-state index is 0.0230. The molecule has 1 amide bonds. The van der Waals surface area contributed by atoms with Crippen molar-refractivity contribution in [1.82, 2.24) is 14.9 Å². The summed E-state index contributed by atoms with van der Waals surface area (Å²) in [5.74, 6) is 0.0461. The molecule has 1 atom stereocenters. The first-order valence-electron chi connectivity index (χ1n) is 7.33. The van der Waals surface area contributed by atoms with E-state index in [9.17, 15) is 9.90 Å². The van der Waals surface area contributed by atoms with E-state index in [4.69, 9.17) is 0 Å². The Morgan fingerprint density at radius 3 is 2.91 bits per heavy atom. The molecular weight excluding hydrogens is 280 g/mol. The average molecular weight is 298 g/mol. The van der Waals surface area contributed by atoms with Gasteiger partial charge in [-0.05, 0) is 43.7 Å². The van der Waals surface area contributed by atoms with Gasteiger partial charge in [-0.25, -0.2) is 4.98 Å². The van der Waals surface area contributed by atoms with Gasteiger partial charge in [0.15, 0.2) is 11.6 Å². The molecule has 1 aliphatic heterocycles. The lowest BCUT2D eigenvalue weighted by atomic mass is 10.2. The Morgan fingerprint density at radius 2 is 2.14 bits per heavy atom. The molecule has 1 unspecified atom stereocenters. The fraction of sp³-hybridized carbons (Fsp3) is 0.312. The van der Waals surface area contributed by atoms with Gasteiger partial charge in [0.2, 0.25) is 5.91 Å². The predicted molar refractivity (Wildman–Crippen MR) is 82.2 cm³/mol. The van der Waals surface area contributed by atoms with E-state index in [2.05, 4.69) is 20.2 Å². The molecule has 2 aromatic heterocycles. The van der Waals surface area contributed by atoms with E-state index in [0.29, 0.717) is 6.54 Å². The van der Waals surface area contributed by atoms with Crippen LogP contribution in [0.4, 0.5) is 5.82 Å². The molecule has 3 rings (SSSR count). The van der Waals surface area contributed by atoms with Gasteiger partial charge in [0.1, 0.15) is 0 Å². The van der Waals surface area contributed by atoms with Gasteiger partial charge in [0, 0.05) is 18.9 Å². The fourth-order valence-corrected chi connectivity index (χ4v) is 2.71. The van der Waals surface area contributed by atoms with Crippen LogP contribution in [0, 0.1) is 0 Å². The Labute approximate surface area is 128 Å². The number of amides is 1. The van der Waals surface area contributed by atoms with Crippen molar-refractivity contribution in [2.45, 2.75) is 25.4 Å². The van der Waals surface area contributed by atoms with Crippen LogP contribution in [0.25, 0.3) is 0 Å². The molecule has 3 heterocycles. The van der Waals surface area contributed by atoms with Gasteiger partial charge >= 0.3 is 0 Å². The predicted octanol–water partition coefficient (Wildman–Crippen LogP) is 1.79. The summed E-state index contributed by atoms with van der Waals surface area (Å²) in [6.45, 7) is 1.51. The molecule has 22 heavy (non-hydrogen) atoms. The second-order valence-corrected chi connectivity index (χ2v) is 5.31. The van der Waals surface area contributed by atoms with Crippen LogP contribution in [0.15, 0.2) is 42.7 Å². The van der Waals surface area contributed by atoms with Gasteiger partial charge in [0.05, 0.1) is 11.7 Å². The van der Waals surface area contributed by atoms with E-state index in [-0.39, 0.29) is 23.5 Å². The number of anilines is 1. The molecule has 1 aliphatic rings. The molecular formula is C16H18N4O2. The highest BCUT2D eigenvalue weighted by Crippen LogP contribution is 2.23. The largest absolute Gasteiger partial charge is 0.504 e. The molecule has 1 saturated heterocycles. The number of carbonyl (C=O) groups excluding carboxylic acids is 1. The SMILES string of the molecule is O=C(Nc1ncccc1O)C1CCCN1Cc1ccccn1. The first-order chi connectivity index (χ1) is 10.7. The van der Waals surface area contributed by atoms with E-state index < -0.39 is 0 Å². The second-order valence-electron chi connectivity index (χ2n) is 5.31. The van der Waals surface area contributed by atoms with Crippen LogP contribution in [-0.4, -0.2) is 38.5 Å². The van der Waals surface area contributed by atoms with E-state index in [1.807, 2.05) is 18.2 Å². The van der Waals surface area contributed by atoms with Crippen LogP contribution in [0.5, 0.6) is 5.75 Å².